The minimum Gasteiger partial charge on any atom is -0.103 e. The summed E-state index contributed by atoms with van der Waals surface area (Å²) in [6, 6.07) is 0. The molecule has 0 nitrogen and oxygen atoms in total. The van der Waals surface area contributed by atoms with Crippen LogP contribution in [0.4, 0.5) is 0 Å². The van der Waals surface area contributed by atoms with Gasteiger partial charge in [-0.2, -0.15) is 0 Å². The maximum atomic E-state index is 3.38. The maximum Gasteiger partial charge on any atom is 0.00886 e. The summed E-state index contributed by atoms with van der Waals surface area (Å²) < 4.78 is 0. The van der Waals surface area contributed by atoms with Gasteiger partial charge in [-0.3, -0.25) is 0 Å². The van der Waals surface area contributed by atoms with Gasteiger partial charge >= 0.3 is 0 Å². The van der Waals surface area contributed by atoms with Crippen molar-refractivity contribution in [2.75, 3.05) is 0 Å². The van der Waals surface area contributed by atoms with Gasteiger partial charge in [-0.05, 0) is 18.8 Å². The maximum absolute atomic E-state index is 3.38. The molecule has 0 aromatic carbocycles. The van der Waals surface area contributed by atoms with E-state index in [2.05, 4.69) is 32.6 Å². The van der Waals surface area contributed by atoms with E-state index < -0.39 is 0 Å². The van der Waals surface area contributed by atoms with Gasteiger partial charge in [0.2, 0.25) is 0 Å². The lowest BCUT2D eigenvalue weighted by atomic mass is 9.90. The van der Waals surface area contributed by atoms with Crippen molar-refractivity contribution in [1.29, 1.82) is 0 Å². The summed E-state index contributed by atoms with van der Waals surface area (Å²) in [5.41, 5.74) is 0. The molecule has 1 atom stereocenters. The van der Waals surface area contributed by atoms with Crippen LogP contribution in [-0.2, 0) is 0 Å². The fraction of sp³-hybridized carbons (Fsp3) is 0.933. The highest BCUT2D eigenvalue weighted by Crippen LogP contribution is 2.24. The summed E-state index contributed by atoms with van der Waals surface area (Å²) in [4.78, 5) is 0. The van der Waals surface area contributed by atoms with Gasteiger partial charge in [0.1, 0.15) is 0 Å². The van der Waals surface area contributed by atoms with Crippen LogP contribution in [0, 0.1) is 17.8 Å². The average Bonchev–Trinajstić information content (AvgIpc) is 2.76. The molecule has 0 spiro atoms. The molecule has 0 heteroatoms. The van der Waals surface area contributed by atoms with Gasteiger partial charge in [-0.1, -0.05) is 149 Å². The van der Waals surface area contributed by atoms with Crippen LogP contribution in [0.2, 0.25) is 0 Å². The van der Waals surface area contributed by atoms with Gasteiger partial charge in [-0.15, -0.1) is 11.8 Å². The van der Waals surface area contributed by atoms with E-state index in [9.17, 15) is 0 Å². The van der Waals surface area contributed by atoms with Crippen LogP contribution in [0.1, 0.15) is 175 Å². The van der Waals surface area contributed by atoms with Crippen molar-refractivity contribution in [1.82, 2.24) is 0 Å². The molecule has 1 unspecified atom stereocenters. The Bertz CT molecular complexity index is 358. The van der Waals surface area contributed by atoms with E-state index in [-0.39, 0.29) is 0 Å². The van der Waals surface area contributed by atoms with Gasteiger partial charge in [0.15, 0.2) is 0 Å². The molecular formula is C30H58. The van der Waals surface area contributed by atoms with Gasteiger partial charge in [0.05, 0.1) is 0 Å². The van der Waals surface area contributed by atoms with Gasteiger partial charge in [0, 0.05) is 12.8 Å². The van der Waals surface area contributed by atoms with E-state index in [1.165, 1.54) is 141 Å². The van der Waals surface area contributed by atoms with Crippen LogP contribution in [0.3, 0.4) is 0 Å². The van der Waals surface area contributed by atoms with E-state index in [1.807, 2.05) is 0 Å². The molecule has 0 amide bonds. The van der Waals surface area contributed by atoms with Crippen molar-refractivity contribution in [3.05, 3.63) is 0 Å². The quantitative estimate of drug-likeness (QED) is 0.114. The fourth-order valence-electron chi connectivity index (χ4n) is 4.49. The molecule has 0 bridgehead atoms. The molecule has 0 aromatic rings. The predicted molar refractivity (Wildman–Crippen MR) is 139 cm³/mol. The molecule has 178 valence electrons. The monoisotopic (exact) mass is 418 g/mol. The molecule has 0 rings (SSSR count). The molecule has 0 saturated carbocycles. The number of rotatable bonds is 23. The highest BCUT2D eigenvalue weighted by atomic mass is 14.1. The molecule has 0 heterocycles. The van der Waals surface area contributed by atoms with Crippen LogP contribution < -0.4 is 0 Å². The Labute approximate surface area is 192 Å². The van der Waals surface area contributed by atoms with Crippen LogP contribution in [0.15, 0.2) is 0 Å². The van der Waals surface area contributed by atoms with Crippen LogP contribution >= 0.6 is 0 Å². The highest BCUT2D eigenvalue weighted by Gasteiger charge is 2.08. The molecule has 0 aliphatic heterocycles. The number of unbranched alkanes of at least 4 members (excludes halogenated alkanes) is 17. The first-order valence-corrected chi connectivity index (χ1v) is 14.3. The topological polar surface area (TPSA) is 0 Å². The second kappa shape index (κ2) is 26.6. The minimum absolute atomic E-state index is 1.03. The predicted octanol–water partition coefficient (Wildman–Crippen LogP) is 11.0. The first-order valence-electron chi connectivity index (χ1n) is 14.3. The molecule has 0 N–H and O–H groups in total. The van der Waals surface area contributed by atoms with Gasteiger partial charge in [0.25, 0.3) is 0 Å². The SMILES string of the molecule is CCCCCCC#CCCCCCCCCCCC(CCCC)CCCCCCC. The van der Waals surface area contributed by atoms with E-state index in [4.69, 9.17) is 0 Å². The molecule has 0 radical (unpaired) electrons. The van der Waals surface area contributed by atoms with Crippen molar-refractivity contribution in [3.8, 4) is 11.8 Å². The summed E-state index contributed by atoms with van der Waals surface area (Å²) >= 11 is 0. The zero-order valence-corrected chi connectivity index (χ0v) is 21.5. The summed E-state index contributed by atoms with van der Waals surface area (Å²) in [5.74, 6) is 7.77. The van der Waals surface area contributed by atoms with E-state index in [1.54, 1.807) is 0 Å². The number of hydrogen-bond acceptors (Lipinski definition) is 0. The summed E-state index contributed by atoms with van der Waals surface area (Å²) in [5, 5.41) is 0. The van der Waals surface area contributed by atoms with Gasteiger partial charge < -0.3 is 0 Å². The van der Waals surface area contributed by atoms with Crippen molar-refractivity contribution in [3.63, 3.8) is 0 Å². The number of hydrogen-bond donors (Lipinski definition) is 0. The fourth-order valence-corrected chi connectivity index (χ4v) is 4.49. The highest BCUT2D eigenvalue weighted by molar-refractivity contribution is 4.98. The zero-order chi connectivity index (χ0) is 22.0. The van der Waals surface area contributed by atoms with Crippen molar-refractivity contribution >= 4 is 0 Å². The van der Waals surface area contributed by atoms with Crippen molar-refractivity contribution in [2.24, 2.45) is 5.92 Å². The van der Waals surface area contributed by atoms with Crippen molar-refractivity contribution < 1.29 is 0 Å². The third-order valence-electron chi connectivity index (χ3n) is 6.63. The molecule has 0 saturated heterocycles. The summed E-state index contributed by atoms with van der Waals surface area (Å²) in [7, 11) is 0. The Kier molecular flexibility index (Phi) is 26.2. The lowest BCUT2D eigenvalue weighted by Crippen LogP contribution is -2.01. The Balaban J connectivity index is 3.46. The molecule has 30 heavy (non-hydrogen) atoms. The molecule has 0 aromatic heterocycles. The summed E-state index contributed by atoms with van der Waals surface area (Å²) in [6.07, 6.45) is 33.6. The third-order valence-corrected chi connectivity index (χ3v) is 6.63. The largest absolute Gasteiger partial charge is 0.103 e. The van der Waals surface area contributed by atoms with Crippen LogP contribution in [0.25, 0.3) is 0 Å². The second-order valence-electron chi connectivity index (χ2n) is 9.74. The smallest absolute Gasteiger partial charge is 0.00886 e. The van der Waals surface area contributed by atoms with Crippen LogP contribution in [0.5, 0.6) is 0 Å². The van der Waals surface area contributed by atoms with E-state index >= 15 is 0 Å². The standard InChI is InChI=1S/C30H58/c1-4-7-10-12-13-14-15-16-17-18-19-20-21-22-24-26-29-30(27-9-6-3)28-25-23-11-8-5-2/h30H,4-13,16-29H2,1-3H3. The minimum atomic E-state index is 1.03. The average molecular weight is 419 g/mol. The third kappa shape index (κ3) is 23.8. The Morgan fingerprint density at radius 1 is 0.367 bits per heavy atom. The lowest BCUT2D eigenvalue weighted by Gasteiger charge is -2.16. The lowest BCUT2D eigenvalue weighted by molar-refractivity contribution is 0.371. The molecule has 0 aliphatic rings. The van der Waals surface area contributed by atoms with E-state index in [0.717, 1.165) is 18.8 Å². The molecule has 0 fully saturated rings. The Morgan fingerprint density at radius 2 is 0.700 bits per heavy atom. The Hall–Kier alpha value is -0.440. The van der Waals surface area contributed by atoms with Crippen molar-refractivity contribution in [2.45, 2.75) is 175 Å². The molecular weight excluding hydrogens is 360 g/mol. The van der Waals surface area contributed by atoms with E-state index in [0.29, 0.717) is 0 Å². The summed E-state index contributed by atoms with van der Waals surface area (Å²) in [6.45, 7) is 6.93. The molecule has 0 aliphatic carbocycles. The normalized spacial score (nSPS) is 12.0. The van der Waals surface area contributed by atoms with Gasteiger partial charge in [-0.25, -0.2) is 0 Å². The zero-order valence-electron chi connectivity index (χ0n) is 21.5. The first kappa shape index (κ1) is 29.6. The Morgan fingerprint density at radius 3 is 1.17 bits per heavy atom. The van der Waals surface area contributed by atoms with Crippen LogP contribution in [-0.4, -0.2) is 0 Å². The first-order chi connectivity index (χ1) is 14.8. The second-order valence-corrected chi connectivity index (χ2v) is 9.74.